The molecule has 1 heterocycles. The van der Waals surface area contributed by atoms with Crippen LogP contribution < -0.4 is 10.9 Å². The molecule has 4 nitrogen and oxygen atoms in total. The molecule has 0 aliphatic carbocycles. The monoisotopic (exact) mass is 275 g/mol. The number of pyridine rings is 1. The number of H-pyrrole nitrogens is 1. The van der Waals surface area contributed by atoms with E-state index in [9.17, 15) is 10.1 Å². The highest BCUT2D eigenvalue weighted by Gasteiger charge is 2.11. The Morgan fingerprint density at radius 2 is 1.76 bits per heavy atom. The second-order valence-corrected chi connectivity index (χ2v) is 4.70. The summed E-state index contributed by atoms with van der Waals surface area (Å²) in [6.45, 7) is 0.558. The molecule has 0 amide bonds. The van der Waals surface area contributed by atoms with Crippen LogP contribution in [-0.2, 0) is 6.54 Å². The van der Waals surface area contributed by atoms with Crippen molar-refractivity contribution in [2.45, 2.75) is 6.54 Å². The first-order valence-electron chi connectivity index (χ1n) is 6.62. The molecule has 1 aromatic heterocycles. The van der Waals surface area contributed by atoms with E-state index in [0.29, 0.717) is 12.2 Å². The van der Waals surface area contributed by atoms with E-state index in [2.05, 4.69) is 10.3 Å². The van der Waals surface area contributed by atoms with Crippen molar-refractivity contribution in [2.75, 3.05) is 5.32 Å². The predicted molar refractivity (Wildman–Crippen MR) is 83.1 cm³/mol. The van der Waals surface area contributed by atoms with Crippen LogP contribution in [0.2, 0.25) is 0 Å². The smallest absolute Gasteiger partial charge is 0.268 e. The Kier molecular flexibility index (Phi) is 3.40. The number of aromatic amines is 1. The Morgan fingerprint density at radius 1 is 1.05 bits per heavy atom. The summed E-state index contributed by atoms with van der Waals surface area (Å²) >= 11 is 0. The molecular weight excluding hydrogens is 262 g/mol. The number of hydrogen-bond acceptors (Lipinski definition) is 3. The van der Waals surface area contributed by atoms with E-state index in [-0.39, 0.29) is 11.1 Å². The highest BCUT2D eigenvalue weighted by molar-refractivity contribution is 5.93. The second kappa shape index (κ2) is 5.51. The van der Waals surface area contributed by atoms with E-state index in [1.807, 2.05) is 60.7 Å². The van der Waals surface area contributed by atoms with E-state index < -0.39 is 0 Å². The third kappa shape index (κ3) is 2.49. The molecule has 0 bridgehead atoms. The van der Waals surface area contributed by atoms with Crippen molar-refractivity contribution in [3.63, 3.8) is 0 Å². The molecule has 0 aliphatic rings. The van der Waals surface area contributed by atoms with Crippen molar-refractivity contribution in [1.82, 2.24) is 4.98 Å². The molecule has 0 spiro atoms. The molecule has 3 rings (SSSR count). The van der Waals surface area contributed by atoms with Gasteiger partial charge in [-0.2, -0.15) is 5.26 Å². The van der Waals surface area contributed by atoms with Gasteiger partial charge >= 0.3 is 0 Å². The lowest BCUT2D eigenvalue weighted by atomic mass is 10.1. The third-order valence-electron chi connectivity index (χ3n) is 3.35. The molecular formula is C17H13N3O. The lowest BCUT2D eigenvalue weighted by Crippen LogP contribution is -2.14. The van der Waals surface area contributed by atoms with Gasteiger partial charge in [0.15, 0.2) is 0 Å². The van der Waals surface area contributed by atoms with Crippen LogP contribution in [0.25, 0.3) is 10.9 Å². The van der Waals surface area contributed by atoms with Gasteiger partial charge in [-0.1, -0.05) is 48.5 Å². The number of nitrogens with zero attached hydrogens (tertiary/aromatic N) is 1. The summed E-state index contributed by atoms with van der Waals surface area (Å²) in [5.74, 6) is 0. The number of aromatic nitrogens is 1. The summed E-state index contributed by atoms with van der Waals surface area (Å²) in [6, 6.07) is 19.3. The molecule has 102 valence electrons. The number of para-hydroxylation sites is 1. The van der Waals surface area contributed by atoms with E-state index in [4.69, 9.17) is 0 Å². The van der Waals surface area contributed by atoms with Crippen molar-refractivity contribution in [2.24, 2.45) is 0 Å². The first-order chi connectivity index (χ1) is 10.3. The lowest BCUT2D eigenvalue weighted by molar-refractivity contribution is 1.14. The van der Waals surface area contributed by atoms with Gasteiger partial charge in [-0.3, -0.25) is 4.79 Å². The Balaban J connectivity index is 2.08. The molecule has 21 heavy (non-hydrogen) atoms. The molecule has 3 aromatic rings. The van der Waals surface area contributed by atoms with E-state index >= 15 is 0 Å². The standard InChI is InChI=1S/C17H13N3O/c18-10-14-16(19-11-12-6-2-1-3-7-12)13-8-4-5-9-15(13)20-17(14)21/h1-9H,11H2,(H2,19,20,21). The van der Waals surface area contributed by atoms with Gasteiger partial charge in [0.1, 0.15) is 11.6 Å². The minimum Gasteiger partial charge on any atom is -0.379 e. The largest absolute Gasteiger partial charge is 0.379 e. The van der Waals surface area contributed by atoms with Crippen molar-refractivity contribution >= 4 is 16.6 Å². The van der Waals surface area contributed by atoms with Gasteiger partial charge in [-0.15, -0.1) is 0 Å². The number of benzene rings is 2. The summed E-state index contributed by atoms with van der Waals surface area (Å²) in [5.41, 5.74) is 2.14. The van der Waals surface area contributed by atoms with Crippen LogP contribution in [0.4, 0.5) is 5.69 Å². The number of nitrogens with one attached hydrogen (secondary N) is 2. The van der Waals surface area contributed by atoms with Gasteiger partial charge in [0, 0.05) is 11.9 Å². The summed E-state index contributed by atoms with van der Waals surface area (Å²) in [7, 11) is 0. The van der Waals surface area contributed by atoms with Crippen LogP contribution in [-0.4, -0.2) is 4.98 Å². The zero-order valence-corrected chi connectivity index (χ0v) is 11.3. The summed E-state index contributed by atoms with van der Waals surface area (Å²) in [5, 5.41) is 13.3. The number of rotatable bonds is 3. The van der Waals surface area contributed by atoms with E-state index in [1.165, 1.54) is 0 Å². The highest BCUT2D eigenvalue weighted by Crippen LogP contribution is 2.23. The topological polar surface area (TPSA) is 68.7 Å². The van der Waals surface area contributed by atoms with Crippen LogP contribution in [0, 0.1) is 11.3 Å². The van der Waals surface area contributed by atoms with Crippen LogP contribution in [0.3, 0.4) is 0 Å². The maximum absolute atomic E-state index is 12.0. The van der Waals surface area contributed by atoms with Crippen molar-refractivity contribution in [1.29, 1.82) is 5.26 Å². The minimum absolute atomic E-state index is 0.115. The fourth-order valence-electron chi connectivity index (χ4n) is 2.32. The average Bonchev–Trinajstić information content (AvgIpc) is 2.53. The molecule has 2 N–H and O–H groups in total. The van der Waals surface area contributed by atoms with E-state index in [1.54, 1.807) is 0 Å². The van der Waals surface area contributed by atoms with Gasteiger partial charge in [-0.25, -0.2) is 0 Å². The van der Waals surface area contributed by atoms with Gasteiger partial charge in [0.25, 0.3) is 5.56 Å². The highest BCUT2D eigenvalue weighted by atomic mass is 16.1. The van der Waals surface area contributed by atoms with Gasteiger partial charge in [-0.05, 0) is 11.6 Å². The van der Waals surface area contributed by atoms with Crippen molar-refractivity contribution in [3.8, 4) is 6.07 Å². The van der Waals surface area contributed by atoms with E-state index in [0.717, 1.165) is 16.5 Å². The molecule has 0 saturated heterocycles. The Morgan fingerprint density at radius 3 is 2.52 bits per heavy atom. The zero-order valence-electron chi connectivity index (χ0n) is 11.3. The maximum Gasteiger partial charge on any atom is 0.268 e. The van der Waals surface area contributed by atoms with Crippen molar-refractivity contribution in [3.05, 3.63) is 76.1 Å². The maximum atomic E-state index is 12.0. The molecule has 0 unspecified atom stereocenters. The minimum atomic E-state index is -0.369. The van der Waals surface area contributed by atoms with Gasteiger partial charge < -0.3 is 10.3 Å². The fourth-order valence-corrected chi connectivity index (χ4v) is 2.32. The lowest BCUT2D eigenvalue weighted by Gasteiger charge is -2.11. The zero-order chi connectivity index (χ0) is 14.7. The number of fused-ring (bicyclic) bond motifs is 1. The van der Waals surface area contributed by atoms with Crippen molar-refractivity contribution < 1.29 is 0 Å². The van der Waals surface area contributed by atoms with Crippen LogP contribution in [0.1, 0.15) is 11.1 Å². The molecule has 0 fully saturated rings. The summed E-state index contributed by atoms with van der Waals surface area (Å²) < 4.78 is 0. The Hall–Kier alpha value is -3.06. The molecule has 0 saturated carbocycles. The Bertz CT molecular complexity index is 876. The summed E-state index contributed by atoms with van der Waals surface area (Å²) in [4.78, 5) is 14.7. The molecule has 0 aliphatic heterocycles. The quantitative estimate of drug-likeness (QED) is 0.772. The fraction of sp³-hybridized carbons (Fsp3) is 0.0588. The average molecular weight is 275 g/mol. The SMILES string of the molecule is N#Cc1c(NCc2ccccc2)c2ccccc2[nH]c1=O. The first-order valence-corrected chi connectivity index (χ1v) is 6.62. The molecule has 0 radical (unpaired) electrons. The normalized spacial score (nSPS) is 10.2. The van der Waals surface area contributed by atoms with Crippen LogP contribution in [0.5, 0.6) is 0 Å². The molecule has 0 atom stereocenters. The van der Waals surface area contributed by atoms with Gasteiger partial charge in [0.05, 0.1) is 11.2 Å². The molecule has 2 aromatic carbocycles. The number of anilines is 1. The number of nitriles is 1. The second-order valence-electron chi connectivity index (χ2n) is 4.70. The summed E-state index contributed by atoms with van der Waals surface area (Å²) in [6.07, 6.45) is 0. The predicted octanol–water partition coefficient (Wildman–Crippen LogP) is 3.01. The van der Waals surface area contributed by atoms with Crippen LogP contribution >= 0.6 is 0 Å². The van der Waals surface area contributed by atoms with Gasteiger partial charge in [0.2, 0.25) is 0 Å². The first kappa shape index (κ1) is 12.9. The van der Waals surface area contributed by atoms with Crippen LogP contribution in [0.15, 0.2) is 59.4 Å². The third-order valence-corrected chi connectivity index (χ3v) is 3.35. The number of hydrogen-bond donors (Lipinski definition) is 2. The Labute approximate surface area is 121 Å². The molecule has 4 heteroatoms.